The minimum absolute atomic E-state index is 0.0401. The number of furan rings is 2. The van der Waals surface area contributed by atoms with Gasteiger partial charge < -0.3 is 24.2 Å². The Hall–Kier alpha value is -4.33. The summed E-state index contributed by atoms with van der Waals surface area (Å²) in [6.45, 7) is 1.21. The summed E-state index contributed by atoms with van der Waals surface area (Å²) >= 11 is 0. The number of hydrogen-bond donors (Lipinski definition) is 2. The summed E-state index contributed by atoms with van der Waals surface area (Å²) in [5.41, 5.74) is 1.57. The number of carbonyl (C=O) groups excluding carboxylic acids is 3. The molecule has 32 heavy (non-hydrogen) atoms. The molecule has 4 aromatic rings. The van der Waals surface area contributed by atoms with Gasteiger partial charge in [-0.3, -0.25) is 9.59 Å². The molecule has 2 aromatic carbocycles. The van der Waals surface area contributed by atoms with E-state index < -0.39 is 18.5 Å². The second-order valence-electron chi connectivity index (χ2n) is 6.96. The largest absolute Gasteiger partial charge is 0.467 e. The van der Waals surface area contributed by atoms with Crippen molar-refractivity contribution in [1.82, 2.24) is 0 Å². The standard InChI is InChI=1S/C24H20N2O6/c1-15(27)23-22(18-9-3-5-11-20(18)32-23)26-21(28)14-31-24(29)17-8-2-4-10-19(17)25-13-16-7-6-12-30-16/h2-12,25H,13-14H2,1H3,(H,26,28). The quantitative estimate of drug-likeness (QED) is 0.308. The Kier molecular flexibility index (Phi) is 6.03. The number of Topliss-reactive ketones (excluding diaryl/α,β-unsaturated/α-hetero) is 1. The number of carbonyl (C=O) groups is 3. The van der Waals surface area contributed by atoms with Crippen LogP contribution in [-0.2, 0) is 16.1 Å². The molecule has 2 aromatic heterocycles. The number of ketones is 1. The van der Waals surface area contributed by atoms with Gasteiger partial charge >= 0.3 is 5.97 Å². The lowest BCUT2D eigenvalue weighted by atomic mass is 10.2. The molecule has 0 radical (unpaired) electrons. The molecule has 0 atom stereocenters. The lowest BCUT2D eigenvalue weighted by molar-refractivity contribution is -0.119. The normalized spacial score (nSPS) is 10.7. The van der Waals surface area contributed by atoms with E-state index in [1.165, 1.54) is 6.92 Å². The van der Waals surface area contributed by atoms with Crippen molar-refractivity contribution in [3.8, 4) is 0 Å². The maximum Gasteiger partial charge on any atom is 0.340 e. The molecule has 0 aliphatic carbocycles. The van der Waals surface area contributed by atoms with Crippen molar-refractivity contribution in [3.05, 3.63) is 84.0 Å². The van der Waals surface area contributed by atoms with Crippen LogP contribution in [0.4, 0.5) is 11.4 Å². The summed E-state index contributed by atoms with van der Waals surface area (Å²) in [7, 11) is 0. The third-order valence-electron chi connectivity index (χ3n) is 4.69. The fourth-order valence-corrected chi connectivity index (χ4v) is 3.21. The molecule has 8 nitrogen and oxygen atoms in total. The Bertz CT molecular complexity index is 1270. The van der Waals surface area contributed by atoms with Gasteiger partial charge in [-0.15, -0.1) is 0 Å². The number of hydrogen-bond acceptors (Lipinski definition) is 7. The maximum atomic E-state index is 12.6. The molecule has 4 rings (SSSR count). The van der Waals surface area contributed by atoms with Gasteiger partial charge in [-0.1, -0.05) is 24.3 Å². The van der Waals surface area contributed by atoms with Crippen molar-refractivity contribution in [2.75, 3.05) is 17.2 Å². The van der Waals surface area contributed by atoms with Gasteiger partial charge in [0.25, 0.3) is 5.91 Å². The molecule has 0 bridgehead atoms. The van der Waals surface area contributed by atoms with Crippen molar-refractivity contribution in [1.29, 1.82) is 0 Å². The Morgan fingerprint density at radius 2 is 1.75 bits per heavy atom. The third kappa shape index (κ3) is 4.54. The van der Waals surface area contributed by atoms with Gasteiger partial charge in [0.1, 0.15) is 11.3 Å². The highest BCUT2D eigenvalue weighted by atomic mass is 16.5. The van der Waals surface area contributed by atoms with E-state index in [4.69, 9.17) is 13.6 Å². The SMILES string of the molecule is CC(=O)c1oc2ccccc2c1NC(=O)COC(=O)c1ccccc1NCc1ccco1. The summed E-state index contributed by atoms with van der Waals surface area (Å²) < 4.78 is 16.0. The Labute approximate surface area is 183 Å². The highest BCUT2D eigenvalue weighted by molar-refractivity contribution is 6.11. The predicted octanol–water partition coefficient (Wildman–Crippen LogP) is 4.64. The van der Waals surface area contributed by atoms with E-state index in [0.717, 1.165) is 0 Å². The van der Waals surface area contributed by atoms with Gasteiger partial charge in [0.05, 0.1) is 24.1 Å². The van der Waals surface area contributed by atoms with Crippen LogP contribution in [0.15, 0.2) is 75.8 Å². The van der Waals surface area contributed by atoms with Gasteiger partial charge in [-0.2, -0.15) is 0 Å². The maximum absolute atomic E-state index is 12.6. The number of benzene rings is 2. The van der Waals surface area contributed by atoms with Crippen LogP contribution in [0.3, 0.4) is 0 Å². The molecule has 0 unspecified atom stereocenters. The number of nitrogens with one attached hydrogen (secondary N) is 2. The number of anilines is 2. The smallest absolute Gasteiger partial charge is 0.340 e. The number of esters is 1. The van der Waals surface area contributed by atoms with Crippen molar-refractivity contribution in [2.45, 2.75) is 13.5 Å². The molecule has 162 valence electrons. The van der Waals surface area contributed by atoms with Crippen LogP contribution in [0.1, 0.15) is 33.6 Å². The van der Waals surface area contributed by atoms with Crippen LogP contribution < -0.4 is 10.6 Å². The summed E-state index contributed by atoms with van der Waals surface area (Å²) in [6.07, 6.45) is 1.57. The topological polar surface area (TPSA) is 111 Å². The fourth-order valence-electron chi connectivity index (χ4n) is 3.21. The van der Waals surface area contributed by atoms with E-state index in [9.17, 15) is 14.4 Å². The van der Waals surface area contributed by atoms with E-state index in [1.54, 1.807) is 60.9 Å². The molecule has 2 heterocycles. The molecule has 0 fully saturated rings. The highest BCUT2D eigenvalue weighted by Crippen LogP contribution is 2.31. The van der Waals surface area contributed by atoms with E-state index in [0.29, 0.717) is 29.0 Å². The van der Waals surface area contributed by atoms with Crippen molar-refractivity contribution in [3.63, 3.8) is 0 Å². The number of ether oxygens (including phenoxy) is 1. The molecule has 0 saturated carbocycles. The first-order chi connectivity index (χ1) is 15.5. The van der Waals surface area contributed by atoms with E-state index in [2.05, 4.69) is 10.6 Å². The molecular weight excluding hydrogens is 412 g/mol. The van der Waals surface area contributed by atoms with Gasteiger partial charge in [-0.25, -0.2) is 4.79 Å². The third-order valence-corrected chi connectivity index (χ3v) is 4.69. The molecule has 0 spiro atoms. The first-order valence-corrected chi connectivity index (χ1v) is 9.87. The zero-order chi connectivity index (χ0) is 22.5. The van der Waals surface area contributed by atoms with Crippen LogP contribution in [-0.4, -0.2) is 24.3 Å². The second-order valence-corrected chi connectivity index (χ2v) is 6.96. The lowest BCUT2D eigenvalue weighted by Crippen LogP contribution is -2.22. The second kappa shape index (κ2) is 9.22. The van der Waals surface area contributed by atoms with Crippen LogP contribution in [0, 0.1) is 0 Å². The number of para-hydroxylation sites is 2. The molecule has 0 saturated heterocycles. The monoisotopic (exact) mass is 432 g/mol. The minimum atomic E-state index is -0.661. The summed E-state index contributed by atoms with van der Waals surface area (Å²) in [5, 5.41) is 6.32. The molecule has 0 aliphatic heterocycles. The average molecular weight is 432 g/mol. The molecule has 0 aliphatic rings. The molecule has 2 N–H and O–H groups in total. The highest BCUT2D eigenvalue weighted by Gasteiger charge is 2.20. The zero-order valence-corrected chi connectivity index (χ0v) is 17.2. The first kappa shape index (κ1) is 20.9. The summed E-state index contributed by atoms with van der Waals surface area (Å²) in [6, 6.07) is 17.4. The van der Waals surface area contributed by atoms with Crippen LogP contribution in [0.5, 0.6) is 0 Å². The van der Waals surface area contributed by atoms with Gasteiger partial charge in [0.15, 0.2) is 18.2 Å². The van der Waals surface area contributed by atoms with Crippen LogP contribution in [0.25, 0.3) is 11.0 Å². The van der Waals surface area contributed by atoms with E-state index >= 15 is 0 Å². The van der Waals surface area contributed by atoms with Crippen LogP contribution >= 0.6 is 0 Å². The van der Waals surface area contributed by atoms with Crippen molar-refractivity contribution >= 4 is 40.0 Å². The molecule has 8 heteroatoms. The number of amides is 1. The van der Waals surface area contributed by atoms with Crippen molar-refractivity contribution in [2.24, 2.45) is 0 Å². The molecule has 1 amide bonds. The first-order valence-electron chi connectivity index (χ1n) is 9.87. The van der Waals surface area contributed by atoms with Gasteiger partial charge in [-0.05, 0) is 36.4 Å². The summed E-state index contributed by atoms with van der Waals surface area (Å²) in [5.74, 6) is -0.829. The van der Waals surface area contributed by atoms with E-state index in [-0.39, 0.29) is 22.8 Å². The van der Waals surface area contributed by atoms with E-state index in [1.807, 2.05) is 6.07 Å². The Balaban J connectivity index is 1.42. The number of rotatable bonds is 8. The van der Waals surface area contributed by atoms with Crippen LogP contribution in [0.2, 0.25) is 0 Å². The zero-order valence-electron chi connectivity index (χ0n) is 17.2. The number of fused-ring (bicyclic) bond motifs is 1. The molecular formula is C24H20N2O6. The lowest BCUT2D eigenvalue weighted by Gasteiger charge is -2.11. The average Bonchev–Trinajstić information content (AvgIpc) is 3.45. The summed E-state index contributed by atoms with van der Waals surface area (Å²) in [4.78, 5) is 37.0. The van der Waals surface area contributed by atoms with Crippen molar-refractivity contribution < 1.29 is 28.0 Å². The fraction of sp³-hybridized carbons (Fsp3) is 0.125. The Morgan fingerprint density at radius 1 is 0.969 bits per heavy atom. The predicted molar refractivity (Wildman–Crippen MR) is 118 cm³/mol. The minimum Gasteiger partial charge on any atom is -0.467 e. The van der Waals surface area contributed by atoms with Gasteiger partial charge in [0, 0.05) is 18.0 Å². The Morgan fingerprint density at radius 3 is 2.53 bits per heavy atom. The van der Waals surface area contributed by atoms with Gasteiger partial charge in [0.2, 0.25) is 0 Å².